The number of likely N-dealkylation sites (N-methyl/N-ethyl adjacent to an activating group) is 2. The highest BCUT2D eigenvalue weighted by Crippen LogP contribution is 2.48. The van der Waals surface area contributed by atoms with Crippen molar-refractivity contribution in [2.24, 2.45) is 0 Å². The predicted molar refractivity (Wildman–Crippen MR) is 126 cm³/mol. The van der Waals surface area contributed by atoms with Gasteiger partial charge in [-0.25, -0.2) is 0 Å². The molecular formula is C27H34N2. The predicted octanol–water partition coefficient (Wildman–Crippen LogP) is 6.43. The fourth-order valence-electron chi connectivity index (χ4n) is 5.19. The van der Waals surface area contributed by atoms with E-state index < -0.39 is 6.02 Å². The van der Waals surface area contributed by atoms with Crippen LogP contribution in [0.25, 0.3) is 0 Å². The van der Waals surface area contributed by atoms with Crippen molar-refractivity contribution in [2.45, 2.75) is 58.4 Å². The molecule has 0 amide bonds. The van der Waals surface area contributed by atoms with Gasteiger partial charge in [-0.2, -0.15) is 0 Å². The minimum absolute atomic E-state index is 0.0509. The van der Waals surface area contributed by atoms with Gasteiger partial charge in [0.1, 0.15) is 0 Å². The molecule has 2 aliphatic heterocycles. The van der Waals surface area contributed by atoms with Crippen LogP contribution < -0.4 is 9.80 Å². The Bertz CT molecular complexity index is 1020. The summed E-state index contributed by atoms with van der Waals surface area (Å²) in [5, 5.41) is 0. The van der Waals surface area contributed by atoms with Crippen LogP contribution in [0.1, 0.15) is 54.0 Å². The molecule has 0 radical (unpaired) electrons. The second-order valence-electron chi connectivity index (χ2n) is 9.07. The maximum atomic E-state index is 9.52. The second-order valence-corrected chi connectivity index (χ2v) is 9.07. The number of fused-ring (bicyclic) bond motifs is 2. The van der Waals surface area contributed by atoms with E-state index in [-0.39, 0.29) is 10.8 Å². The first-order valence-corrected chi connectivity index (χ1v) is 10.8. The Morgan fingerprint density at radius 2 is 1.52 bits per heavy atom. The van der Waals surface area contributed by atoms with Crippen molar-refractivity contribution in [1.82, 2.24) is 0 Å². The summed E-state index contributed by atoms with van der Waals surface area (Å²) in [5.41, 5.74) is 6.05. The Morgan fingerprint density at radius 1 is 0.897 bits per heavy atom. The van der Waals surface area contributed by atoms with E-state index in [9.17, 15) is 1.37 Å². The van der Waals surface area contributed by atoms with Crippen molar-refractivity contribution < 1.29 is 1.37 Å². The summed E-state index contributed by atoms with van der Waals surface area (Å²) in [6.07, 6.45) is 6.44. The Hall–Kier alpha value is -2.48. The molecule has 2 aromatic rings. The van der Waals surface area contributed by atoms with Gasteiger partial charge in [-0.05, 0) is 43.2 Å². The van der Waals surface area contributed by atoms with Crippen molar-refractivity contribution in [3.8, 4) is 0 Å². The number of anilines is 2. The summed E-state index contributed by atoms with van der Waals surface area (Å²) in [6.45, 7) is 15.1. The van der Waals surface area contributed by atoms with E-state index in [2.05, 4.69) is 118 Å². The first kappa shape index (κ1) is 18.5. The summed E-state index contributed by atoms with van der Waals surface area (Å²) in [5.74, 6) is 0. The topological polar surface area (TPSA) is 6.48 Å². The molecule has 1 atom stereocenters. The van der Waals surface area contributed by atoms with E-state index in [1.807, 2.05) is 0 Å². The molecule has 2 aromatic carbocycles. The van der Waals surface area contributed by atoms with Gasteiger partial charge in [-0.3, -0.25) is 0 Å². The highest BCUT2D eigenvalue weighted by Gasteiger charge is 2.42. The maximum Gasteiger partial charge on any atom is 0.0584 e. The standard InChI is InChI=1S/C27H34N2/c1-7-28-22-16-11-9-14-20(22)26(3,4)24(28)18-13-19-25-27(5,6)21-15-10-12-17-23(21)29(25)8-2/h9-19,24H,7-8H2,1-6H3/b18-13+,25-19+/i24D. The highest BCUT2D eigenvalue weighted by atomic mass is 15.2. The number of hydrogen-bond acceptors (Lipinski definition) is 2. The number of rotatable bonds is 4. The van der Waals surface area contributed by atoms with E-state index >= 15 is 0 Å². The summed E-state index contributed by atoms with van der Waals surface area (Å²) >= 11 is 0. The molecular weight excluding hydrogens is 352 g/mol. The third kappa shape index (κ3) is 2.92. The van der Waals surface area contributed by atoms with Crippen LogP contribution in [0.2, 0.25) is 0 Å². The fraction of sp³-hybridized carbons (Fsp3) is 0.407. The number of allylic oxidation sites excluding steroid dienone is 3. The Morgan fingerprint density at radius 3 is 2.17 bits per heavy atom. The molecule has 0 aromatic heterocycles. The SMILES string of the molecule is [2H]C1(/C=C/C=C2/N(CC)c3ccccc3C2(C)C)N(CC)c2ccccc2C1(C)C. The van der Waals surface area contributed by atoms with Crippen molar-refractivity contribution in [3.05, 3.63) is 83.6 Å². The summed E-state index contributed by atoms with van der Waals surface area (Å²) < 4.78 is 9.52. The minimum Gasteiger partial charge on any atom is -0.364 e. The molecule has 2 aliphatic rings. The van der Waals surface area contributed by atoms with Gasteiger partial charge in [-0.1, -0.05) is 76.2 Å². The Kier molecular flexibility index (Phi) is 4.53. The first-order chi connectivity index (χ1) is 14.2. The lowest BCUT2D eigenvalue weighted by Crippen LogP contribution is -2.39. The molecule has 2 heterocycles. The third-order valence-electron chi connectivity index (χ3n) is 6.74. The molecule has 0 N–H and O–H groups in total. The molecule has 152 valence electrons. The average Bonchev–Trinajstić information content (AvgIpc) is 3.05. The largest absolute Gasteiger partial charge is 0.364 e. The maximum absolute atomic E-state index is 9.52. The van der Waals surface area contributed by atoms with Gasteiger partial charge in [0, 0.05) is 41.0 Å². The molecule has 0 saturated carbocycles. The highest BCUT2D eigenvalue weighted by molar-refractivity contribution is 5.71. The van der Waals surface area contributed by atoms with Crippen molar-refractivity contribution in [2.75, 3.05) is 22.9 Å². The van der Waals surface area contributed by atoms with E-state index in [1.165, 1.54) is 28.2 Å². The van der Waals surface area contributed by atoms with Crippen molar-refractivity contribution in [1.29, 1.82) is 0 Å². The monoisotopic (exact) mass is 387 g/mol. The van der Waals surface area contributed by atoms with Crippen LogP contribution in [0.5, 0.6) is 0 Å². The van der Waals surface area contributed by atoms with Gasteiger partial charge >= 0.3 is 0 Å². The second kappa shape index (κ2) is 7.09. The van der Waals surface area contributed by atoms with E-state index in [1.54, 1.807) is 0 Å². The van der Waals surface area contributed by atoms with Gasteiger partial charge in [0.05, 0.1) is 7.39 Å². The number of benzene rings is 2. The van der Waals surface area contributed by atoms with Gasteiger partial charge in [0.15, 0.2) is 0 Å². The molecule has 4 rings (SSSR count). The van der Waals surface area contributed by atoms with Crippen LogP contribution in [0.15, 0.2) is 72.5 Å². The lowest BCUT2D eigenvalue weighted by molar-refractivity contribution is 0.478. The van der Waals surface area contributed by atoms with Crippen LogP contribution in [-0.4, -0.2) is 19.1 Å². The Labute approximate surface area is 177 Å². The zero-order valence-corrected chi connectivity index (χ0v) is 18.7. The molecule has 2 nitrogen and oxygen atoms in total. The molecule has 2 heteroatoms. The van der Waals surface area contributed by atoms with Crippen molar-refractivity contribution >= 4 is 11.4 Å². The van der Waals surface area contributed by atoms with Gasteiger partial charge in [0.2, 0.25) is 0 Å². The zero-order chi connectivity index (χ0) is 21.7. The molecule has 0 bridgehead atoms. The number of para-hydroxylation sites is 2. The van der Waals surface area contributed by atoms with E-state index in [4.69, 9.17) is 0 Å². The van der Waals surface area contributed by atoms with Crippen LogP contribution in [0.3, 0.4) is 0 Å². The average molecular weight is 388 g/mol. The number of hydrogen-bond donors (Lipinski definition) is 0. The quantitative estimate of drug-likeness (QED) is 0.596. The lowest BCUT2D eigenvalue weighted by atomic mass is 9.80. The van der Waals surface area contributed by atoms with Gasteiger partial charge in [-0.15, -0.1) is 0 Å². The Balaban J connectivity index is 1.75. The number of nitrogens with zero attached hydrogens (tertiary/aromatic N) is 2. The summed E-state index contributed by atoms with van der Waals surface area (Å²) in [7, 11) is 0. The van der Waals surface area contributed by atoms with Crippen LogP contribution in [0.4, 0.5) is 11.4 Å². The van der Waals surface area contributed by atoms with E-state index in [0.717, 1.165) is 13.1 Å². The molecule has 0 saturated heterocycles. The first-order valence-electron chi connectivity index (χ1n) is 11.3. The summed E-state index contributed by atoms with van der Waals surface area (Å²) in [4.78, 5) is 4.63. The summed E-state index contributed by atoms with van der Waals surface area (Å²) in [6, 6.07) is 16.4. The van der Waals surface area contributed by atoms with Crippen molar-refractivity contribution in [3.63, 3.8) is 0 Å². The molecule has 29 heavy (non-hydrogen) atoms. The zero-order valence-electron chi connectivity index (χ0n) is 19.7. The van der Waals surface area contributed by atoms with Crippen LogP contribution in [0, 0.1) is 0 Å². The third-order valence-corrected chi connectivity index (χ3v) is 6.74. The smallest absolute Gasteiger partial charge is 0.0584 e. The lowest BCUT2D eigenvalue weighted by Gasteiger charge is -2.31. The van der Waals surface area contributed by atoms with Gasteiger partial charge in [0.25, 0.3) is 0 Å². The van der Waals surface area contributed by atoms with Crippen LogP contribution >= 0.6 is 0 Å². The normalized spacial score (nSPS) is 26.1. The minimum atomic E-state index is -0.824. The van der Waals surface area contributed by atoms with E-state index in [0.29, 0.717) is 0 Å². The van der Waals surface area contributed by atoms with Gasteiger partial charge < -0.3 is 9.80 Å². The van der Waals surface area contributed by atoms with Crippen LogP contribution in [-0.2, 0) is 10.8 Å². The molecule has 1 unspecified atom stereocenters. The molecule has 0 spiro atoms. The molecule has 0 fully saturated rings. The molecule has 0 aliphatic carbocycles. The fourth-order valence-corrected chi connectivity index (χ4v) is 5.19.